The third-order valence-electron chi connectivity index (χ3n) is 2.54. The minimum Gasteiger partial charge on any atom is -0.396 e. The van der Waals surface area contributed by atoms with Crippen molar-refractivity contribution < 1.29 is 9.90 Å². The van der Waals surface area contributed by atoms with Crippen LogP contribution in [0.4, 0.5) is 0 Å². The minimum absolute atomic E-state index is 0.150. The molecule has 5 heteroatoms. The van der Waals surface area contributed by atoms with E-state index in [4.69, 9.17) is 16.7 Å². The van der Waals surface area contributed by atoms with Crippen LogP contribution in [0.1, 0.15) is 36.0 Å². The van der Waals surface area contributed by atoms with Crippen molar-refractivity contribution in [1.82, 2.24) is 5.32 Å². The van der Waals surface area contributed by atoms with Gasteiger partial charge in [-0.3, -0.25) is 4.79 Å². The van der Waals surface area contributed by atoms with Crippen LogP contribution >= 0.6 is 27.5 Å². The van der Waals surface area contributed by atoms with E-state index in [9.17, 15) is 4.79 Å². The molecule has 0 aliphatic heterocycles. The molecule has 0 unspecified atom stereocenters. The van der Waals surface area contributed by atoms with Crippen LogP contribution in [0.25, 0.3) is 0 Å². The number of rotatable bonds is 7. The van der Waals surface area contributed by atoms with Crippen LogP contribution in [-0.4, -0.2) is 24.2 Å². The van der Waals surface area contributed by atoms with Crippen molar-refractivity contribution in [2.24, 2.45) is 0 Å². The Hall–Kier alpha value is -0.580. The molecule has 1 rings (SSSR count). The number of aliphatic hydroxyl groups excluding tert-OH is 1. The molecule has 0 saturated carbocycles. The maximum Gasteiger partial charge on any atom is 0.252 e. The van der Waals surface area contributed by atoms with Gasteiger partial charge in [0.1, 0.15) is 0 Å². The molecule has 0 heterocycles. The molecule has 0 atom stereocenters. The van der Waals surface area contributed by atoms with Crippen LogP contribution in [0, 0.1) is 0 Å². The summed E-state index contributed by atoms with van der Waals surface area (Å²) in [5.74, 6) is -0.150. The third-order valence-corrected chi connectivity index (χ3v) is 3.37. The van der Waals surface area contributed by atoms with Crippen LogP contribution in [-0.2, 0) is 0 Å². The van der Waals surface area contributed by atoms with Crippen molar-refractivity contribution in [1.29, 1.82) is 0 Å². The van der Waals surface area contributed by atoms with Crippen molar-refractivity contribution in [3.05, 3.63) is 33.3 Å². The predicted molar refractivity (Wildman–Crippen MR) is 77.0 cm³/mol. The molecule has 2 N–H and O–H groups in total. The second-order valence-electron chi connectivity index (χ2n) is 4.02. The highest BCUT2D eigenvalue weighted by Crippen LogP contribution is 2.20. The van der Waals surface area contributed by atoms with E-state index >= 15 is 0 Å². The summed E-state index contributed by atoms with van der Waals surface area (Å²) in [6, 6.07) is 5.21. The van der Waals surface area contributed by atoms with Gasteiger partial charge in [-0.15, -0.1) is 0 Å². The molecule has 1 aromatic rings. The molecule has 0 spiro atoms. The summed E-state index contributed by atoms with van der Waals surface area (Å²) in [6.45, 7) is 0.868. The number of aliphatic hydroxyl groups is 1. The monoisotopic (exact) mass is 333 g/mol. The lowest BCUT2D eigenvalue weighted by Gasteiger charge is -2.07. The number of benzene rings is 1. The summed E-state index contributed by atoms with van der Waals surface area (Å²) >= 11 is 9.28. The second kappa shape index (κ2) is 8.51. The van der Waals surface area contributed by atoms with Gasteiger partial charge in [-0.25, -0.2) is 0 Å². The number of carbonyl (C=O) groups is 1. The van der Waals surface area contributed by atoms with E-state index in [1.807, 2.05) is 0 Å². The van der Waals surface area contributed by atoms with Crippen LogP contribution in [0.5, 0.6) is 0 Å². The van der Waals surface area contributed by atoms with E-state index in [0.717, 1.165) is 30.2 Å². The van der Waals surface area contributed by atoms with Gasteiger partial charge < -0.3 is 10.4 Å². The SMILES string of the molecule is O=C(NCCCCCCO)c1cc(Br)ccc1Cl. The van der Waals surface area contributed by atoms with E-state index in [1.54, 1.807) is 18.2 Å². The molecule has 3 nitrogen and oxygen atoms in total. The second-order valence-corrected chi connectivity index (χ2v) is 5.34. The first kappa shape index (κ1) is 15.5. The molecule has 18 heavy (non-hydrogen) atoms. The zero-order chi connectivity index (χ0) is 13.4. The first-order chi connectivity index (χ1) is 8.65. The van der Waals surface area contributed by atoms with Crippen molar-refractivity contribution in [3.8, 4) is 0 Å². The Kier molecular flexibility index (Phi) is 7.32. The topological polar surface area (TPSA) is 49.3 Å². The zero-order valence-corrected chi connectivity index (χ0v) is 12.4. The quantitative estimate of drug-likeness (QED) is 0.751. The lowest BCUT2D eigenvalue weighted by molar-refractivity contribution is 0.0953. The van der Waals surface area contributed by atoms with E-state index in [0.29, 0.717) is 17.1 Å². The highest BCUT2D eigenvalue weighted by molar-refractivity contribution is 9.10. The summed E-state index contributed by atoms with van der Waals surface area (Å²) in [4.78, 5) is 11.9. The number of nitrogens with one attached hydrogen (secondary N) is 1. The molecule has 0 aromatic heterocycles. The highest BCUT2D eigenvalue weighted by atomic mass is 79.9. The fourth-order valence-electron chi connectivity index (χ4n) is 1.56. The lowest BCUT2D eigenvalue weighted by Crippen LogP contribution is -2.24. The fourth-order valence-corrected chi connectivity index (χ4v) is 2.12. The molecular weight excluding hydrogens is 318 g/mol. The van der Waals surface area contributed by atoms with Crippen molar-refractivity contribution in [3.63, 3.8) is 0 Å². The number of amides is 1. The normalized spacial score (nSPS) is 10.4. The maximum absolute atomic E-state index is 11.9. The molecule has 100 valence electrons. The standard InChI is InChI=1S/C13H17BrClNO2/c14-10-5-6-12(15)11(9-10)13(18)16-7-3-1-2-4-8-17/h5-6,9,17H,1-4,7-8H2,(H,16,18). The number of halogens is 2. The molecule has 0 aliphatic carbocycles. The number of hydrogen-bond donors (Lipinski definition) is 2. The predicted octanol–water partition coefficient (Wildman–Crippen LogP) is 3.39. The van der Waals surface area contributed by atoms with Gasteiger partial charge in [-0.2, -0.15) is 0 Å². The number of carbonyl (C=O) groups excluding carboxylic acids is 1. The Bertz CT molecular complexity index is 399. The Morgan fingerprint density at radius 1 is 1.28 bits per heavy atom. The minimum atomic E-state index is -0.150. The average Bonchev–Trinajstić information content (AvgIpc) is 2.36. The molecule has 0 saturated heterocycles. The highest BCUT2D eigenvalue weighted by Gasteiger charge is 2.09. The Balaban J connectivity index is 2.34. The van der Waals surface area contributed by atoms with Crippen LogP contribution in [0.3, 0.4) is 0 Å². The van der Waals surface area contributed by atoms with E-state index in [-0.39, 0.29) is 12.5 Å². The van der Waals surface area contributed by atoms with Gasteiger partial charge >= 0.3 is 0 Å². The smallest absolute Gasteiger partial charge is 0.252 e. The third kappa shape index (κ3) is 5.38. The maximum atomic E-state index is 11.9. The molecule has 1 amide bonds. The fraction of sp³-hybridized carbons (Fsp3) is 0.462. The number of hydrogen-bond acceptors (Lipinski definition) is 2. The van der Waals surface area contributed by atoms with Gasteiger partial charge in [-0.1, -0.05) is 40.4 Å². The van der Waals surface area contributed by atoms with Gasteiger partial charge in [0.2, 0.25) is 0 Å². The van der Waals surface area contributed by atoms with Crippen molar-refractivity contribution in [2.45, 2.75) is 25.7 Å². The van der Waals surface area contributed by atoms with Gasteiger partial charge in [0, 0.05) is 17.6 Å². The summed E-state index contributed by atoms with van der Waals surface area (Å²) < 4.78 is 0.833. The Morgan fingerprint density at radius 2 is 2.00 bits per heavy atom. The molecule has 1 aromatic carbocycles. The summed E-state index contributed by atoms with van der Waals surface area (Å²) in [5, 5.41) is 11.9. The average molecular weight is 335 g/mol. The first-order valence-corrected chi connectivity index (χ1v) is 7.16. The van der Waals surface area contributed by atoms with Gasteiger partial charge in [0.25, 0.3) is 5.91 Å². The Morgan fingerprint density at radius 3 is 2.72 bits per heavy atom. The molecular formula is C13H17BrClNO2. The zero-order valence-electron chi connectivity index (χ0n) is 10.1. The molecule has 0 aliphatic rings. The summed E-state index contributed by atoms with van der Waals surface area (Å²) in [6.07, 6.45) is 3.74. The van der Waals surface area contributed by atoms with Crippen LogP contribution in [0.2, 0.25) is 5.02 Å². The van der Waals surface area contributed by atoms with Gasteiger partial charge in [-0.05, 0) is 31.0 Å². The van der Waals surface area contributed by atoms with Gasteiger partial charge in [0.05, 0.1) is 10.6 Å². The van der Waals surface area contributed by atoms with E-state index in [2.05, 4.69) is 21.2 Å². The molecule has 0 radical (unpaired) electrons. The number of unbranched alkanes of at least 4 members (excludes halogenated alkanes) is 3. The Labute approximate surface area is 121 Å². The molecule has 0 fully saturated rings. The summed E-state index contributed by atoms with van der Waals surface area (Å²) in [5.41, 5.74) is 0.487. The van der Waals surface area contributed by atoms with E-state index < -0.39 is 0 Å². The lowest BCUT2D eigenvalue weighted by atomic mass is 10.2. The van der Waals surface area contributed by atoms with Crippen LogP contribution in [0.15, 0.2) is 22.7 Å². The van der Waals surface area contributed by atoms with Crippen molar-refractivity contribution in [2.75, 3.05) is 13.2 Å². The van der Waals surface area contributed by atoms with E-state index in [1.165, 1.54) is 0 Å². The first-order valence-electron chi connectivity index (χ1n) is 5.99. The van der Waals surface area contributed by atoms with Crippen molar-refractivity contribution >= 4 is 33.4 Å². The summed E-state index contributed by atoms with van der Waals surface area (Å²) in [7, 11) is 0. The largest absolute Gasteiger partial charge is 0.396 e. The van der Waals surface area contributed by atoms with Gasteiger partial charge in [0.15, 0.2) is 0 Å². The van der Waals surface area contributed by atoms with Crippen LogP contribution < -0.4 is 5.32 Å². The molecule has 0 bridgehead atoms.